The number of aliphatic hydroxyl groups is 2. The van der Waals surface area contributed by atoms with Crippen LogP contribution in [-0.2, 0) is 32.6 Å². The Hall–Kier alpha value is -2.38. The van der Waals surface area contributed by atoms with Crippen LogP contribution in [0.3, 0.4) is 0 Å². The maximum atomic E-state index is 13.4. The highest BCUT2D eigenvalue weighted by Gasteiger charge is 2.66. The fourth-order valence-corrected chi connectivity index (χ4v) is 6.75. The Morgan fingerprint density at radius 2 is 1.56 bits per heavy atom. The molecule has 0 aromatic carbocycles. The highest BCUT2D eigenvalue weighted by atomic mass is 32.7. The summed E-state index contributed by atoms with van der Waals surface area (Å²) in [5, 5.41) is 21.0. The van der Waals surface area contributed by atoms with Crippen molar-refractivity contribution in [3.05, 3.63) is 45.5 Å². The zero-order valence-corrected chi connectivity index (χ0v) is 21.8. The van der Waals surface area contributed by atoms with Crippen LogP contribution >= 0.6 is 19.0 Å². The van der Waals surface area contributed by atoms with E-state index in [1.807, 2.05) is 0 Å². The normalized spacial score (nSPS) is 38.3. The second-order valence-electron chi connectivity index (χ2n) is 9.65. The highest BCUT2D eigenvalue weighted by molar-refractivity contribution is 8.44. The van der Waals surface area contributed by atoms with Crippen molar-refractivity contribution in [2.75, 3.05) is 37.9 Å². The molecule has 2 aromatic rings. The number of rotatable bonds is 8. The summed E-state index contributed by atoms with van der Waals surface area (Å²) in [6, 6.07) is 2.77. The number of nitrogens with two attached hydrogens (primary N) is 2. The zero-order chi connectivity index (χ0) is 27.7. The van der Waals surface area contributed by atoms with Gasteiger partial charge in [0.2, 0.25) is 0 Å². The molecule has 6 N–H and O–H groups in total. The van der Waals surface area contributed by atoms with Crippen LogP contribution in [0, 0.1) is 0 Å². The van der Waals surface area contributed by atoms with Crippen molar-refractivity contribution in [3.63, 3.8) is 0 Å². The summed E-state index contributed by atoms with van der Waals surface area (Å²) >= 11 is 4.07. The average Bonchev–Trinajstić information content (AvgIpc) is 3.57. The lowest BCUT2D eigenvalue weighted by atomic mass is 10.0. The molecule has 17 nitrogen and oxygen atoms in total. The van der Waals surface area contributed by atoms with Gasteiger partial charge in [-0.05, 0) is 12.1 Å². The molecule has 19 heteroatoms. The molecule has 0 saturated carbocycles. The van der Waals surface area contributed by atoms with Gasteiger partial charge in [-0.15, -0.1) is 0 Å². The number of thiol groups is 1. The van der Waals surface area contributed by atoms with Gasteiger partial charge >= 0.3 is 18.2 Å². The zero-order valence-electron chi connectivity index (χ0n) is 20.0. The Balaban J connectivity index is 1.18. The van der Waals surface area contributed by atoms with Crippen molar-refractivity contribution >= 4 is 30.7 Å². The summed E-state index contributed by atoms with van der Waals surface area (Å²) in [5.41, 5.74) is 6.68. The monoisotopic (exact) mass is 588 g/mol. The lowest BCUT2D eigenvalue weighted by molar-refractivity contribution is -0.188. The average molecular weight is 588 g/mol. The summed E-state index contributed by atoms with van der Waals surface area (Å²) in [5.74, 6) is 0.0215. The molecule has 0 radical (unpaired) electrons. The first-order chi connectivity index (χ1) is 18.5. The van der Waals surface area contributed by atoms with Crippen LogP contribution in [0.1, 0.15) is 12.5 Å². The minimum Gasteiger partial charge on any atom is -0.393 e. The van der Waals surface area contributed by atoms with E-state index < -0.39 is 79.5 Å². The van der Waals surface area contributed by atoms with Crippen molar-refractivity contribution in [3.8, 4) is 0 Å². The first-order valence-corrected chi connectivity index (χ1v) is 14.4. The molecular formula is C20H25N6O11PS. The molecule has 0 amide bonds. The molecular weight excluding hydrogens is 563 g/mol. The van der Waals surface area contributed by atoms with E-state index in [4.69, 9.17) is 39.5 Å². The second kappa shape index (κ2) is 9.34. The number of aromatic nitrogens is 4. The minimum absolute atomic E-state index is 0.00635. The fraction of sp³-hybridized carbons (Fsp3) is 0.600. The lowest BCUT2D eigenvalue weighted by Gasteiger charge is -2.32. The Bertz CT molecular complexity index is 1460. The summed E-state index contributed by atoms with van der Waals surface area (Å²) in [6.45, 7) is -5.57. The van der Waals surface area contributed by atoms with Crippen molar-refractivity contribution in [2.24, 2.45) is 0 Å². The maximum absolute atomic E-state index is 13.4. The molecule has 6 heterocycles. The van der Waals surface area contributed by atoms with Gasteiger partial charge in [0.05, 0.1) is 26.4 Å². The Morgan fingerprint density at radius 1 is 1.03 bits per heavy atom. The largest absolute Gasteiger partial charge is 0.393 e. The molecule has 39 heavy (non-hydrogen) atoms. The van der Waals surface area contributed by atoms with E-state index in [9.17, 15) is 24.4 Å². The summed E-state index contributed by atoms with van der Waals surface area (Å²) in [4.78, 5) is 32.0. The van der Waals surface area contributed by atoms with Crippen molar-refractivity contribution in [1.29, 1.82) is 0 Å². The predicted octanol–water partition coefficient (Wildman–Crippen LogP) is -2.21. The van der Waals surface area contributed by atoms with E-state index in [0.29, 0.717) is 0 Å². The molecule has 0 spiro atoms. The number of nitrogens with zero attached hydrogens (tertiary/aromatic N) is 4. The summed E-state index contributed by atoms with van der Waals surface area (Å²) in [6.07, 6.45) is -3.74. The number of anilines is 2. The van der Waals surface area contributed by atoms with Crippen LogP contribution in [-0.4, -0.2) is 91.4 Å². The topological polar surface area (TPSA) is 235 Å². The molecule has 4 fully saturated rings. The van der Waals surface area contributed by atoms with Gasteiger partial charge in [0.15, 0.2) is 12.5 Å². The number of ether oxygens (including phenoxy) is 4. The van der Waals surface area contributed by atoms with E-state index in [2.05, 4.69) is 22.2 Å². The minimum atomic E-state index is -4.24. The molecule has 4 aliphatic heterocycles. The number of hydrogen-bond acceptors (Lipinski definition) is 15. The van der Waals surface area contributed by atoms with Gasteiger partial charge in [-0.1, -0.05) is 12.2 Å². The van der Waals surface area contributed by atoms with Crippen molar-refractivity contribution in [1.82, 2.24) is 19.1 Å². The van der Waals surface area contributed by atoms with Gasteiger partial charge in [-0.3, -0.25) is 18.2 Å². The van der Waals surface area contributed by atoms with Crippen LogP contribution in [0.15, 0.2) is 34.1 Å². The molecule has 212 valence electrons. The van der Waals surface area contributed by atoms with Crippen LogP contribution in [0.5, 0.6) is 0 Å². The molecule has 6 rings (SSSR count). The summed E-state index contributed by atoms with van der Waals surface area (Å²) < 4.78 is 50.0. The number of fused-ring (bicyclic) bond motifs is 4. The standard InChI is InChI=1S/C20H25N6O11PS/c21-9-1-3-25(17(29)23-9)15-11-13(28)20(36-15,7-32-11)8-34-38(31,39)37-14-12-16(35-19(14,5-27)6-33-12)26-4-2-10(22)24-18(26)30/h1-4,11-16,27-28H,5-8H2,(H,31,39)(H2,21,23,29)(H2,22,24,30)/t11?,12?,13?,14?,15-,16-,19+,20-,38?/m1/s1. The lowest BCUT2D eigenvalue weighted by Crippen LogP contribution is -2.46. The van der Waals surface area contributed by atoms with E-state index in [0.717, 1.165) is 9.13 Å². The van der Waals surface area contributed by atoms with Gasteiger partial charge in [-0.25, -0.2) is 14.2 Å². The second-order valence-corrected chi connectivity index (χ2v) is 12.5. The van der Waals surface area contributed by atoms with Crippen LogP contribution in [0.25, 0.3) is 0 Å². The van der Waals surface area contributed by atoms with E-state index in [1.54, 1.807) is 0 Å². The van der Waals surface area contributed by atoms with Gasteiger partial charge < -0.3 is 40.6 Å². The first kappa shape index (κ1) is 26.8. The van der Waals surface area contributed by atoms with Crippen molar-refractivity contribution in [2.45, 2.75) is 48.1 Å². The van der Waals surface area contributed by atoms with Gasteiger partial charge in [0.25, 0.3) is 0 Å². The third-order valence-electron chi connectivity index (χ3n) is 7.22. The molecule has 5 unspecified atom stereocenters. The maximum Gasteiger partial charge on any atom is 0.386 e. The Kier molecular flexibility index (Phi) is 6.42. The smallest absolute Gasteiger partial charge is 0.386 e. The fourth-order valence-electron chi connectivity index (χ4n) is 5.23. The van der Waals surface area contributed by atoms with Gasteiger partial charge in [0.1, 0.15) is 47.3 Å². The number of nitrogen functional groups attached to an aromatic ring is 2. The molecule has 4 saturated heterocycles. The number of aliphatic hydroxyl groups excluding tert-OH is 2. The van der Waals surface area contributed by atoms with Gasteiger partial charge in [0, 0.05) is 12.4 Å². The van der Waals surface area contributed by atoms with Gasteiger partial charge in [-0.2, -0.15) is 9.97 Å². The SMILES string of the molecule is Nc1ccn([C@@H]2O[C@@]3(COP(=O)(S)OC4C5OC[C@]4(CO)O[C@H]5n4ccc(N)nc4=O)COC2C3O)c(=O)n1. The Labute approximate surface area is 224 Å². The molecule has 4 bridgehead atoms. The predicted molar refractivity (Wildman–Crippen MR) is 132 cm³/mol. The van der Waals surface area contributed by atoms with E-state index in [-0.39, 0.29) is 24.8 Å². The summed E-state index contributed by atoms with van der Waals surface area (Å²) in [7, 11) is 0. The van der Waals surface area contributed by atoms with Crippen LogP contribution in [0.2, 0.25) is 0 Å². The van der Waals surface area contributed by atoms with Crippen LogP contribution < -0.4 is 22.8 Å². The third-order valence-corrected chi connectivity index (χ3v) is 8.80. The van der Waals surface area contributed by atoms with E-state index >= 15 is 0 Å². The van der Waals surface area contributed by atoms with E-state index in [1.165, 1.54) is 24.5 Å². The third kappa shape index (κ3) is 4.31. The van der Waals surface area contributed by atoms with Crippen molar-refractivity contribution < 1.29 is 42.8 Å². The number of hydrogen-bond donors (Lipinski definition) is 5. The highest BCUT2D eigenvalue weighted by Crippen LogP contribution is 2.60. The first-order valence-electron chi connectivity index (χ1n) is 11.7. The molecule has 0 aliphatic carbocycles. The Morgan fingerprint density at radius 3 is 2.15 bits per heavy atom. The molecule has 4 aliphatic rings. The quantitative estimate of drug-likeness (QED) is 0.162. The molecule has 2 aromatic heterocycles. The van der Waals surface area contributed by atoms with Crippen LogP contribution in [0.4, 0.5) is 11.6 Å². The molecule has 9 atom stereocenters.